The van der Waals surface area contributed by atoms with Crippen molar-refractivity contribution in [3.05, 3.63) is 89.5 Å². The molecule has 214 valence electrons. The molecule has 1 aromatic heterocycles. The average Bonchev–Trinajstić information content (AvgIpc) is 3.26. The molecule has 0 bridgehead atoms. The fourth-order valence-corrected chi connectivity index (χ4v) is 5.55. The van der Waals surface area contributed by atoms with Crippen LogP contribution in [-0.4, -0.2) is 44.7 Å². The van der Waals surface area contributed by atoms with Gasteiger partial charge in [-0.15, -0.1) is 20.7 Å². The summed E-state index contributed by atoms with van der Waals surface area (Å²) >= 11 is 2.60. The molecule has 3 aromatic carbocycles. The topological polar surface area (TPSA) is 34.2 Å². The van der Waals surface area contributed by atoms with Crippen LogP contribution in [0.15, 0.2) is 72.8 Å². The zero-order valence-electron chi connectivity index (χ0n) is 22.7. The fraction of sp³-hybridized carbons (Fsp3) is 0.375. The highest BCUT2D eigenvalue weighted by Gasteiger charge is 2.15. The third-order valence-electron chi connectivity index (χ3n) is 5.61. The SMILES string of the molecule is C.C.CC.CN(C)CCCc1ccc(Cc2c(-c3ccccc3)sc3cc(OSOON(C)C)ccc23)cc1. The molecule has 0 spiro atoms. The number of fused-ring (bicyclic) bond motifs is 1. The van der Waals surface area contributed by atoms with E-state index in [2.05, 4.69) is 85.7 Å². The molecule has 0 unspecified atom stereocenters. The standard InChI is InChI=1S/C28H32N2O3S2.C2H6.2CH4/c1-29(2)18-8-9-21-12-14-22(15-13-21)19-26-25-17-16-24(31-35-33-32-30(3)4)20-27(25)34-28(26)23-10-6-5-7-11-23;1-2;;/h5-7,10-17,20H,8-9,18-19H2,1-4H3;1-2H3;2*1H4. The van der Waals surface area contributed by atoms with Crippen molar-refractivity contribution >= 4 is 33.7 Å². The van der Waals surface area contributed by atoms with E-state index in [-0.39, 0.29) is 14.9 Å². The van der Waals surface area contributed by atoms with Gasteiger partial charge in [0.2, 0.25) is 0 Å². The lowest BCUT2D eigenvalue weighted by molar-refractivity contribution is -0.342. The van der Waals surface area contributed by atoms with Crippen LogP contribution in [0.3, 0.4) is 0 Å². The first-order chi connectivity index (χ1) is 18.0. The van der Waals surface area contributed by atoms with Crippen molar-refractivity contribution in [2.75, 3.05) is 34.7 Å². The Kier molecular flexibility index (Phi) is 16.0. The maximum Gasteiger partial charge on any atom is 0.260 e. The highest BCUT2D eigenvalue weighted by atomic mass is 32.2. The van der Waals surface area contributed by atoms with E-state index in [9.17, 15) is 0 Å². The highest BCUT2D eigenvalue weighted by Crippen LogP contribution is 2.41. The second-order valence-electron chi connectivity index (χ2n) is 8.94. The molecule has 5 nitrogen and oxygen atoms in total. The van der Waals surface area contributed by atoms with Gasteiger partial charge in [0.15, 0.2) is 0 Å². The first kappa shape index (κ1) is 34.6. The average molecular weight is 571 g/mol. The van der Waals surface area contributed by atoms with Crippen LogP contribution >= 0.6 is 23.7 Å². The van der Waals surface area contributed by atoms with Crippen LogP contribution in [-0.2, 0) is 22.2 Å². The van der Waals surface area contributed by atoms with Crippen molar-refractivity contribution in [3.8, 4) is 16.2 Å². The predicted molar refractivity (Wildman–Crippen MR) is 172 cm³/mol. The second kappa shape index (κ2) is 18.1. The maximum absolute atomic E-state index is 5.64. The Hall–Kier alpha value is -2.39. The lowest BCUT2D eigenvalue weighted by atomic mass is 9.97. The maximum atomic E-state index is 5.64. The molecular weight excluding hydrogens is 524 g/mol. The number of rotatable bonds is 12. The molecule has 0 amide bonds. The molecule has 0 radical (unpaired) electrons. The van der Waals surface area contributed by atoms with Gasteiger partial charge in [-0.2, -0.15) is 5.06 Å². The van der Waals surface area contributed by atoms with Crippen molar-refractivity contribution in [3.63, 3.8) is 0 Å². The van der Waals surface area contributed by atoms with E-state index in [1.54, 1.807) is 25.4 Å². The largest absolute Gasteiger partial charge is 0.399 e. The molecule has 39 heavy (non-hydrogen) atoms. The van der Waals surface area contributed by atoms with E-state index in [1.807, 2.05) is 19.9 Å². The second-order valence-corrected chi connectivity index (χ2v) is 10.4. The van der Waals surface area contributed by atoms with Crippen LogP contribution < -0.4 is 4.18 Å². The third-order valence-corrected chi connectivity index (χ3v) is 7.23. The van der Waals surface area contributed by atoms with Crippen molar-refractivity contribution in [2.24, 2.45) is 0 Å². The van der Waals surface area contributed by atoms with Gasteiger partial charge in [0, 0.05) is 23.7 Å². The molecule has 0 aliphatic heterocycles. The predicted octanol–water partition coefficient (Wildman–Crippen LogP) is 9.32. The zero-order chi connectivity index (χ0) is 26.6. The summed E-state index contributed by atoms with van der Waals surface area (Å²) in [4.78, 5) is 8.45. The molecule has 0 aliphatic rings. The zero-order valence-corrected chi connectivity index (χ0v) is 24.3. The molecule has 1 heterocycles. The van der Waals surface area contributed by atoms with E-state index in [0.29, 0.717) is 0 Å². The fourth-order valence-electron chi connectivity index (χ4n) is 3.93. The van der Waals surface area contributed by atoms with Gasteiger partial charge >= 0.3 is 0 Å². The van der Waals surface area contributed by atoms with Gasteiger partial charge in [-0.3, -0.25) is 0 Å². The Labute approximate surface area is 245 Å². The first-order valence-corrected chi connectivity index (χ1v) is 14.2. The smallest absolute Gasteiger partial charge is 0.260 e. The van der Waals surface area contributed by atoms with Crippen molar-refractivity contribution in [1.29, 1.82) is 0 Å². The Morgan fingerprint density at radius 2 is 1.49 bits per heavy atom. The van der Waals surface area contributed by atoms with Crippen molar-refractivity contribution in [1.82, 2.24) is 9.96 Å². The summed E-state index contributed by atoms with van der Waals surface area (Å²) in [5, 5.41) is 2.71. The van der Waals surface area contributed by atoms with Gasteiger partial charge in [0.1, 0.15) is 5.75 Å². The van der Waals surface area contributed by atoms with Crippen molar-refractivity contribution < 1.29 is 13.5 Å². The van der Waals surface area contributed by atoms with Crippen LogP contribution in [0.25, 0.3) is 20.5 Å². The van der Waals surface area contributed by atoms with Gasteiger partial charge < -0.3 is 9.08 Å². The van der Waals surface area contributed by atoms with E-state index in [4.69, 9.17) is 13.5 Å². The Balaban J connectivity index is 0.00000186. The number of aryl methyl sites for hydroxylation is 1. The number of hydroxylamine groups is 2. The van der Waals surface area contributed by atoms with Gasteiger partial charge in [-0.05, 0) is 85.7 Å². The molecule has 4 rings (SSSR count). The molecule has 4 aromatic rings. The summed E-state index contributed by atoms with van der Waals surface area (Å²) in [6.07, 6.45) is 3.17. The quantitative estimate of drug-likeness (QED) is 0.0731. The molecule has 0 N–H and O–H groups in total. The summed E-state index contributed by atoms with van der Waals surface area (Å²) < 4.78 is 11.8. The molecular formula is C32H46N2O3S2. The molecule has 0 aliphatic carbocycles. The highest BCUT2D eigenvalue weighted by molar-refractivity contribution is 7.90. The Bertz CT molecular complexity index is 1210. The van der Waals surface area contributed by atoms with E-state index in [0.717, 1.165) is 37.5 Å². The summed E-state index contributed by atoms with van der Waals surface area (Å²) in [6, 6.07) is 25.9. The molecule has 0 atom stereocenters. The minimum Gasteiger partial charge on any atom is -0.399 e. The van der Waals surface area contributed by atoms with Crippen LogP contribution in [0.4, 0.5) is 0 Å². The summed E-state index contributed by atoms with van der Waals surface area (Å²) in [5.74, 6) is 0.722. The van der Waals surface area contributed by atoms with Crippen LogP contribution in [0, 0.1) is 0 Å². The van der Waals surface area contributed by atoms with Gasteiger partial charge in [0.25, 0.3) is 12.3 Å². The summed E-state index contributed by atoms with van der Waals surface area (Å²) in [6.45, 7) is 5.11. The van der Waals surface area contributed by atoms with E-state index >= 15 is 0 Å². The monoisotopic (exact) mass is 570 g/mol. The summed E-state index contributed by atoms with van der Waals surface area (Å²) in [7, 11) is 7.73. The van der Waals surface area contributed by atoms with Crippen LogP contribution in [0.2, 0.25) is 0 Å². The number of nitrogens with zero attached hydrogens (tertiary/aromatic N) is 2. The normalized spacial score (nSPS) is 10.6. The lowest BCUT2D eigenvalue weighted by Crippen LogP contribution is -2.13. The number of hydrogen-bond donors (Lipinski definition) is 0. The number of benzene rings is 3. The van der Waals surface area contributed by atoms with Crippen LogP contribution in [0.1, 0.15) is 51.8 Å². The first-order valence-electron chi connectivity index (χ1n) is 12.7. The van der Waals surface area contributed by atoms with Gasteiger partial charge in [-0.1, -0.05) is 83.3 Å². The molecule has 0 fully saturated rings. The minimum absolute atomic E-state index is 0. The minimum atomic E-state index is 0. The lowest BCUT2D eigenvalue weighted by Gasteiger charge is -2.10. The van der Waals surface area contributed by atoms with E-state index < -0.39 is 0 Å². The van der Waals surface area contributed by atoms with Crippen LogP contribution in [0.5, 0.6) is 5.75 Å². The Morgan fingerprint density at radius 3 is 2.13 bits per heavy atom. The van der Waals surface area contributed by atoms with Gasteiger partial charge in [0.05, 0.1) is 0 Å². The molecule has 0 saturated heterocycles. The van der Waals surface area contributed by atoms with Crippen molar-refractivity contribution in [2.45, 2.75) is 48.0 Å². The summed E-state index contributed by atoms with van der Waals surface area (Å²) in [5.41, 5.74) is 5.31. The molecule has 0 saturated carbocycles. The van der Waals surface area contributed by atoms with E-state index in [1.165, 1.54) is 48.7 Å². The third kappa shape index (κ3) is 10.6. The van der Waals surface area contributed by atoms with Gasteiger partial charge in [-0.25, -0.2) is 0 Å². The number of thiophene rings is 1. The molecule has 7 heteroatoms. The number of hydrogen-bond acceptors (Lipinski definition) is 7. The Morgan fingerprint density at radius 1 is 0.821 bits per heavy atom.